The molecule has 1 aliphatic rings. The normalized spacial score (nSPS) is 16.3. The smallest absolute Gasteiger partial charge is 0.333 e. The van der Waals surface area contributed by atoms with Gasteiger partial charge in [0.2, 0.25) is 5.91 Å². The predicted octanol–water partition coefficient (Wildman–Crippen LogP) is 2.28. The van der Waals surface area contributed by atoms with Gasteiger partial charge in [0.15, 0.2) is 5.54 Å². The number of aromatic nitrogens is 2. The summed E-state index contributed by atoms with van der Waals surface area (Å²) in [5, 5.41) is 4.11. The van der Waals surface area contributed by atoms with E-state index in [1.54, 1.807) is 37.8 Å². The molecule has 0 saturated carbocycles. The zero-order valence-electron chi connectivity index (χ0n) is 17.7. The molecular weight excluding hydrogens is 408 g/mol. The number of carbonyl (C=O) groups is 2. The number of sulfonamides is 1. The van der Waals surface area contributed by atoms with Gasteiger partial charge in [-0.25, -0.2) is 13.2 Å². The average molecular weight is 435 g/mol. The Bertz CT molecular complexity index is 1090. The molecule has 0 radical (unpaired) electrons. The van der Waals surface area contributed by atoms with E-state index >= 15 is 0 Å². The lowest BCUT2D eigenvalue weighted by atomic mass is 10.1. The number of carbonyl (C=O) groups excluding carboxylic acids is 2. The van der Waals surface area contributed by atoms with Crippen molar-refractivity contribution in [2.45, 2.75) is 57.5 Å². The molecule has 0 saturated heterocycles. The average Bonchev–Trinajstić information content (AvgIpc) is 3.24. The van der Waals surface area contributed by atoms with Crippen LogP contribution in [0.3, 0.4) is 0 Å². The molecule has 1 N–H and O–H groups in total. The second kappa shape index (κ2) is 7.75. The topological polar surface area (TPSA) is 111 Å². The zero-order chi connectivity index (χ0) is 22.3. The Hall–Kier alpha value is -2.88. The van der Waals surface area contributed by atoms with E-state index in [1.165, 1.54) is 30.1 Å². The van der Waals surface area contributed by atoms with Crippen molar-refractivity contribution in [2.75, 3.05) is 16.2 Å². The number of benzene rings is 1. The Labute approximate surface area is 176 Å². The van der Waals surface area contributed by atoms with Crippen molar-refractivity contribution in [1.29, 1.82) is 0 Å². The van der Waals surface area contributed by atoms with Gasteiger partial charge in [-0.15, -0.1) is 0 Å². The molecule has 10 heteroatoms. The van der Waals surface area contributed by atoms with Crippen molar-refractivity contribution in [1.82, 2.24) is 9.78 Å². The Balaban J connectivity index is 1.84. The number of anilines is 2. The standard InChI is InChI=1S/C20H26N4O5S/c1-6-29-19(26)20(4,5)23-12-16(11-21-23)22-30(27,28)17-7-8-18-15(10-17)9-13(2)24(18)14(3)25/h7-8,10-13,22H,6,9H2,1-5H3/t13-/m0/s1. The highest BCUT2D eigenvalue weighted by molar-refractivity contribution is 7.92. The maximum Gasteiger partial charge on any atom is 0.333 e. The fraction of sp³-hybridized carbons (Fsp3) is 0.450. The van der Waals surface area contributed by atoms with Gasteiger partial charge in [0, 0.05) is 18.7 Å². The van der Waals surface area contributed by atoms with Crippen LogP contribution in [0.25, 0.3) is 0 Å². The number of nitrogens with zero attached hydrogens (tertiary/aromatic N) is 3. The number of esters is 1. The molecule has 1 aliphatic heterocycles. The molecule has 0 aliphatic carbocycles. The Kier molecular flexibility index (Phi) is 5.64. The van der Waals surface area contributed by atoms with E-state index in [2.05, 4.69) is 9.82 Å². The lowest BCUT2D eigenvalue weighted by Crippen LogP contribution is -2.37. The molecule has 3 rings (SSSR count). The van der Waals surface area contributed by atoms with Crippen LogP contribution in [0, 0.1) is 0 Å². The van der Waals surface area contributed by atoms with E-state index in [4.69, 9.17) is 4.74 Å². The van der Waals surface area contributed by atoms with E-state index in [9.17, 15) is 18.0 Å². The van der Waals surface area contributed by atoms with Crippen LogP contribution >= 0.6 is 0 Å². The first-order chi connectivity index (χ1) is 14.0. The van der Waals surface area contributed by atoms with Crippen LogP contribution in [0.5, 0.6) is 0 Å². The Morgan fingerprint density at radius 3 is 2.67 bits per heavy atom. The predicted molar refractivity (Wildman–Crippen MR) is 112 cm³/mol. The molecule has 2 heterocycles. The number of rotatable bonds is 6. The number of hydrogen-bond acceptors (Lipinski definition) is 6. The molecule has 9 nitrogen and oxygen atoms in total. The molecule has 2 aromatic rings. The van der Waals surface area contributed by atoms with Crippen molar-refractivity contribution < 1.29 is 22.7 Å². The summed E-state index contributed by atoms with van der Waals surface area (Å²) in [7, 11) is -3.88. The molecule has 1 aromatic heterocycles. The zero-order valence-corrected chi connectivity index (χ0v) is 18.5. The first-order valence-corrected chi connectivity index (χ1v) is 11.1. The number of ether oxygens (including phenoxy) is 1. The second-order valence-corrected chi connectivity index (χ2v) is 9.47. The lowest BCUT2D eigenvalue weighted by Gasteiger charge is -2.22. The van der Waals surface area contributed by atoms with Crippen LogP contribution in [0.2, 0.25) is 0 Å². The van der Waals surface area contributed by atoms with Crippen LogP contribution in [-0.4, -0.2) is 42.7 Å². The first-order valence-electron chi connectivity index (χ1n) is 9.65. The molecule has 0 spiro atoms. The van der Waals surface area contributed by atoms with E-state index in [0.717, 1.165) is 11.3 Å². The fourth-order valence-electron chi connectivity index (χ4n) is 3.55. The van der Waals surface area contributed by atoms with Crippen LogP contribution in [0.15, 0.2) is 35.5 Å². The molecule has 0 bridgehead atoms. The van der Waals surface area contributed by atoms with Gasteiger partial charge in [0.1, 0.15) is 0 Å². The lowest BCUT2D eigenvalue weighted by molar-refractivity contribution is -0.152. The monoisotopic (exact) mass is 434 g/mol. The van der Waals surface area contributed by atoms with Crippen LogP contribution in [0.1, 0.15) is 40.2 Å². The summed E-state index contributed by atoms with van der Waals surface area (Å²) >= 11 is 0. The van der Waals surface area contributed by atoms with Gasteiger partial charge in [-0.3, -0.25) is 14.2 Å². The van der Waals surface area contributed by atoms with Gasteiger partial charge in [0.05, 0.1) is 29.6 Å². The maximum atomic E-state index is 12.9. The van der Waals surface area contributed by atoms with Gasteiger partial charge in [-0.05, 0) is 57.9 Å². The van der Waals surface area contributed by atoms with E-state index in [0.29, 0.717) is 6.42 Å². The molecule has 30 heavy (non-hydrogen) atoms. The Morgan fingerprint density at radius 1 is 1.33 bits per heavy atom. The SMILES string of the molecule is CCOC(=O)C(C)(C)n1cc(NS(=O)(=O)c2ccc3c(c2)C[C@H](C)N3C(C)=O)cn1. The summed E-state index contributed by atoms with van der Waals surface area (Å²) in [4.78, 5) is 25.8. The minimum Gasteiger partial charge on any atom is -0.464 e. The van der Waals surface area contributed by atoms with Gasteiger partial charge < -0.3 is 9.64 Å². The van der Waals surface area contributed by atoms with Gasteiger partial charge in [-0.2, -0.15) is 5.10 Å². The number of amides is 1. The van der Waals surface area contributed by atoms with Gasteiger partial charge in [-0.1, -0.05) is 0 Å². The molecule has 0 unspecified atom stereocenters. The first kappa shape index (κ1) is 21.8. The highest BCUT2D eigenvalue weighted by atomic mass is 32.2. The molecule has 0 fully saturated rings. The quantitative estimate of drug-likeness (QED) is 0.699. The van der Waals surface area contributed by atoms with E-state index in [1.807, 2.05) is 6.92 Å². The molecule has 162 valence electrons. The fourth-order valence-corrected chi connectivity index (χ4v) is 4.63. The minimum absolute atomic E-state index is 0.0215. The van der Waals surface area contributed by atoms with E-state index in [-0.39, 0.29) is 29.1 Å². The van der Waals surface area contributed by atoms with Crippen molar-refractivity contribution in [2.24, 2.45) is 0 Å². The van der Waals surface area contributed by atoms with Crippen molar-refractivity contribution in [3.63, 3.8) is 0 Å². The second-order valence-electron chi connectivity index (χ2n) is 7.79. The summed E-state index contributed by atoms with van der Waals surface area (Å²) in [6, 6.07) is 4.70. The third kappa shape index (κ3) is 3.91. The van der Waals surface area contributed by atoms with Gasteiger partial charge in [0.25, 0.3) is 10.0 Å². The third-order valence-corrected chi connectivity index (χ3v) is 6.48. The van der Waals surface area contributed by atoms with Gasteiger partial charge >= 0.3 is 5.97 Å². The summed E-state index contributed by atoms with van der Waals surface area (Å²) < 4.78 is 34.6. The highest BCUT2D eigenvalue weighted by Gasteiger charge is 2.33. The highest BCUT2D eigenvalue weighted by Crippen LogP contribution is 2.34. The third-order valence-electron chi connectivity index (χ3n) is 5.10. The molecular formula is C20H26N4O5S. The Morgan fingerprint density at radius 2 is 2.03 bits per heavy atom. The van der Waals surface area contributed by atoms with Crippen molar-refractivity contribution >= 4 is 33.3 Å². The summed E-state index contributed by atoms with van der Waals surface area (Å²) in [6.45, 7) is 8.64. The number of hydrogen-bond donors (Lipinski definition) is 1. The van der Waals surface area contributed by atoms with Crippen LogP contribution in [-0.2, 0) is 36.3 Å². The molecule has 1 atom stereocenters. The largest absolute Gasteiger partial charge is 0.464 e. The van der Waals surface area contributed by atoms with E-state index < -0.39 is 21.5 Å². The summed E-state index contributed by atoms with van der Waals surface area (Å²) in [5.41, 5.74) is 0.684. The van der Waals surface area contributed by atoms with Crippen molar-refractivity contribution in [3.8, 4) is 0 Å². The number of fused-ring (bicyclic) bond motifs is 1. The van der Waals surface area contributed by atoms with Crippen LogP contribution < -0.4 is 9.62 Å². The molecule has 1 amide bonds. The number of nitrogens with one attached hydrogen (secondary N) is 1. The molecule has 1 aromatic carbocycles. The summed E-state index contributed by atoms with van der Waals surface area (Å²) in [5.74, 6) is -0.545. The van der Waals surface area contributed by atoms with Crippen molar-refractivity contribution in [3.05, 3.63) is 36.2 Å². The minimum atomic E-state index is -3.88. The van der Waals surface area contributed by atoms with Crippen LogP contribution in [0.4, 0.5) is 11.4 Å². The summed E-state index contributed by atoms with van der Waals surface area (Å²) in [6.07, 6.45) is 3.37. The maximum absolute atomic E-state index is 12.9.